The average Bonchev–Trinajstić information content (AvgIpc) is 3.06. The molecular weight excluding hydrogens is 292 g/mol. The van der Waals surface area contributed by atoms with E-state index in [2.05, 4.69) is 36.7 Å². The van der Waals surface area contributed by atoms with E-state index in [4.69, 9.17) is 5.73 Å². The fraction of sp³-hybridized carbons (Fsp3) is 0.667. The molecule has 1 saturated carbocycles. The highest BCUT2D eigenvalue weighted by Crippen LogP contribution is 2.31. The van der Waals surface area contributed by atoms with E-state index in [1.54, 1.807) is 11.3 Å². The lowest BCUT2D eigenvalue weighted by atomic mass is 9.90. The predicted octanol–water partition coefficient (Wildman–Crippen LogP) is 2.94. The number of rotatable bonds is 5. The Kier molecular flexibility index (Phi) is 6.49. The molecule has 0 aromatic carbocycles. The summed E-state index contributed by atoms with van der Waals surface area (Å²) in [4.78, 5) is 13.6. The molecule has 1 aliphatic carbocycles. The van der Waals surface area contributed by atoms with Crippen LogP contribution in [0.2, 0.25) is 0 Å². The SMILES string of the molecule is CC(C)(CNC(=O)[C@@H]1CCC[C@@H]1CN)c1cccs1.Cl. The smallest absolute Gasteiger partial charge is 0.223 e. The van der Waals surface area contributed by atoms with Gasteiger partial charge in [-0.15, -0.1) is 23.7 Å². The Balaban J connectivity index is 0.00000200. The second-order valence-electron chi connectivity index (χ2n) is 6.11. The molecule has 1 amide bonds. The van der Waals surface area contributed by atoms with Crippen molar-refractivity contribution in [3.05, 3.63) is 22.4 Å². The van der Waals surface area contributed by atoms with Crippen molar-refractivity contribution in [2.45, 2.75) is 38.5 Å². The van der Waals surface area contributed by atoms with Gasteiger partial charge in [0.25, 0.3) is 0 Å². The van der Waals surface area contributed by atoms with E-state index in [-0.39, 0.29) is 29.6 Å². The molecule has 0 radical (unpaired) electrons. The lowest BCUT2D eigenvalue weighted by molar-refractivity contribution is -0.126. The number of amides is 1. The van der Waals surface area contributed by atoms with Gasteiger partial charge in [-0.3, -0.25) is 4.79 Å². The van der Waals surface area contributed by atoms with Gasteiger partial charge in [0.1, 0.15) is 0 Å². The first-order valence-electron chi connectivity index (χ1n) is 7.06. The summed E-state index contributed by atoms with van der Waals surface area (Å²) < 4.78 is 0. The number of hydrogen-bond donors (Lipinski definition) is 2. The number of carbonyl (C=O) groups is 1. The average molecular weight is 317 g/mol. The Morgan fingerprint density at radius 2 is 2.25 bits per heavy atom. The molecule has 2 atom stereocenters. The molecule has 0 unspecified atom stereocenters. The summed E-state index contributed by atoms with van der Waals surface area (Å²) in [6.45, 7) is 5.68. The Morgan fingerprint density at radius 3 is 2.85 bits per heavy atom. The fourth-order valence-corrected chi connectivity index (χ4v) is 3.71. The molecule has 5 heteroatoms. The maximum atomic E-state index is 12.3. The minimum Gasteiger partial charge on any atom is -0.355 e. The van der Waals surface area contributed by atoms with Crippen molar-refractivity contribution in [3.63, 3.8) is 0 Å². The minimum absolute atomic E-state index is 0. The molecule has 114 valence electrons. The normalized spacial score (nSPS) is 22.4. The number of carbonyl (C=O) groups excluding carboxylic acids is 1. The molecule has 0 aliphatic heterocycles. The Labute approximate surface area is 131 Å². The van der Waals surface area contributed by atoms with Crippen LogP contribution in [0.1, 0.15) is 38.0 Å². The van der Waals surface area contributed by atoms with Gasteiger partial charge in [0.2, 0.25) is 5.91 Å². The van der Waals surface area contributed by atoms with Gasteiger partial charge in [-0.25, -0.2) is 0 Å². The Bertz CT molecular complexity index is 420. The molecule has 1 fully saturated rings. The first-order chi connectivity index (χ1) is 9.04. The van der Waals surface area contributed by atoms with Crippen molar-refractivity contribution < 1.29 is 4.79 Å². The van der Waals surface area contributed by atoms with Crippen LogP contribution in [0.25, 0.3) is 0 Å². The molecule has 1 aromatic heterocycles. The van der Waals surface area contributed by atoms with E-state index in [1.165, 1.54) is 4.88 Å². The topological polar surface area (TPSA) is 55.1 Å². The van der Waals surface area contributed by atoms with Gasteiger partial charge in [0, 0.05) is 22.8 Å². The third-order valence-electron chi connectivity index (χ3n) is 4.19. The molecule has 2 rings (SSSR count). The van der Waals surface area contributed by atoms with Crippen molar-refractivity contribution >= 4 is 29.7 Å². The van der Waals surface area contributed by atoms with Gasteiger partial charge < -0.3 is 11.1 Å². The fourth-order valence-electron chi connectivity index (χ4n) is 2.85. The molecule has 0 bridgehead atoms. The zero-order valence-electron chi connectivity index (χ0n) is 12.2. The number of hydrogen-bond acceptors (Lipinski definition) is 3. The maximum absolute atomic E-state index is 12.3. The van der Waals surface area contributed by atoms with Crippen molar-refractivity contribution in [2.24, 2.45) is 17.6 Å². The zero-order valence-corrected chi connectivity index (χ0v) is 13.9. The van der Waals surface area contributed by atoms with Crippen LogP contribution in [-0.2, 0) is 10.2 Å². The summed E-state index contributed by atoms with van der Waals surface area (Å²) in [5.41, 5.74) is 5.74. The lowest BCUT2D eigenvalue weighted by Gasteiger charge is -2.25. The molecule has 20 heavy (non-hydrogen) atoms. The molecule has 0 spiro atoms. The van der Waals surface area contributed by atoms with Crippen LogP contribution in [0.15, 0.2) is 17.5 Å². The van der Waals surface area contributed by atoms with Crippen LogP contribution in [-0.4, -0.2) is 19.0 Å². The second kappa shape index (κ2) is 7.43. The second-order valence-corrected chi connectivity index (χ2v) is 7.06. The third-order valence-corrected chi connectivity index (χ3v) is 5.43. The molecule has 0 saturated heterocycles. The first kappa shape index (κ1) is 17.5. The number of nitrogens with one attached hydrogen (secondary N) is 1. The minimum atomic E-state index is 0. The number of nitrogens with two attached hydrogens (primary N) is 1. The molecule has 3 nitrogen and oxygen atoms in total. The van der Waals surface area contributed by atoms with Crippen molar-refractivity contribution in [2.75, 3.05) is 13.1 Å². The van der Waals surface area contributed by atoms with Crippen LogP contribution in [0, 0.1) is 11.8 Å². The third kappa shape index (κ3) is 3.96. The molecular formula is C15H25ClN2OS. The molecule has 1 aromatic rings. The molecule has 1 heterocycles. The summed E-state index contributed by atoms with van der Waals surface area (Å²) in [7, 11) is 0. The summed E-state index contributed by atoms with van der Waals surface area (Å²) in [6.07, 6.45) is 3.23. The van der Waals surface area contributed by atoms with Gasteiger partial charge in [-0.2, -0.15) is 0 Å². The van der Waals surface area contributed by atoms with E-state index < -0.39 is 0 Å². The summed E-state index contributed by atoms with van der Waals surface area (Å²) in [6, 6.07) is 4.19. The summed E-state index contributed by atoms with van der Waals surface area (Å²) in [5, 5.41) is 5.21. The van der Waals surface area contributed by atoms with Crippen LogP contribution in [0.5, 0.6) is 0 Å². The maximum Gasteiger partial charge on any atom is 0.223 e. The largest absolute Gasteiger partial charge is 0.355 e. The Hall–Kier alpha value is -0.580. The van der Waals surface area contributed by atoms with Gasteiger partial charge in [-0.05, 0) is 36.8 Å². The van der Waals surface area contributed by atoms with Crippen LogP contribution in [0.4, 0.5) is 0 Å². The van der Waals surface area contributed by atoms with Gasteiger partial charge in [0.15, 0.2) is 0 Å². The van der Waals surface area contributed by atoms with E-state index in [0.29, 0.717) is 19.0 Å². The zero-order chi connectivity index (χ0) is 13.9. The first-order valence-corrected chi connectivity index (χ1v) is 7.94. The van der Waals surface area contributed by atoms with Gasteiger partial charge in [0.05, 0.1) is 0 Å². The van der Waals surface area contributed by atoms with Crippen LogP contribution in [0.3, 0.4) is 0 Å². The van der Waals surface area contributed by atoms with Gasteiger partial charge in [-0.1, -0.05) is 26.3 Å². The quantitative estimate of drug-likeness (QED) is 0.877. The standard InChI is InChI=1S/C15H24N2OS.ClH/c1-15(2,13-7-4-8-19-13)10-17-14(18)12-6-3-5-11(12)9-16;/h4,7-8,11-12H,3,5-6,9-10,16H2,1-2H3,(H,17,18);1H/t11-,12-;/m1./s1. The lowest BCUT2D eigenvalue weighted by Crippen LogP contribution is -2.41. The van der Waals surface area contributed by atoms with Crippen molar-refractivity contribution in [1.29, 1.82) is 0 Å². The van der Waals surface area contributed by atoms with Crippen molar-refractivity contribution in [1.82, 2.24) is 5.32 Å². The van der Waals surface area contributed by atoms with E-state index in [0.717, 1.165) is 19.3 Å². The monoisotopic (exact) mass is 316 g/mol. The van der Waals surface area contributed by atoms with Crippen LogP contribution >= 0.6 is 23.7 Å². The predicted molar refractivity (Wildman–Crippen MR) is 87.5 cm³/mol. The highest BCUT2D eigenvalue weighted by molar-refractivity contribution is 7.10. The number of thiophene rings is 1. The van der Waals surface area contributed by atoms with Crippen molar-refractivity contribution in [3.8, 4) is 0 Å². The molecule has 1 aliphatic rings. The van der Waals surface area contributed by atoms with Gasteiger partial charge >= 0.3 is 0 Å². The van der Waals surface area contributed by atoms with E-state index in [9.17, 15) is 4.79 Å². The molecule has 3 N–H and O–H groups in total. The number of halogens is 1. The summed E-state index contributed by atoms with van der Waals surface area (Å²) in [5.74, 6) is 0.701. The highest BCUT2D eigenvalue weighted by atomic mass is 35.5. The highest BCUT2D eigenvalue weighted by Gasteiger charge is 2.33. The van der Waals surface area contributed by atoms with E-state index >= 15 is 0 Å². The summed E-state index contributed by atoms with van der Waals surface area (Å²) >= 11 is 1.75. The van der Waals surface area contributed by atoms with E-state index in [1.807, 2.05) is 0 Å². The Morgan fingerprint density at radius 1 is 1.50 bits per heavy atom. The van der Waals surface area contributed by atoms with Crippen LogP contribution < -0.4 is 11.1 Å².